The van der Waals surface area contributed by atoms with Gasteiger partial charge in [-0.25, -0.2) is 0 Å². The summed E-state index contributed by atoms with van der Waals surface area (Å²) in [4.78, 5) is 0. The van der Waals surface area contributed by atoms with E-state index >= 15 is 0 Å². The predicted octanol–water partition coefficient (Wildman–Crippen LogP) is 2.67. The predicted molar refractivity (Wildman–Crippen MR) is 68.8 cm³/mol. The largest absolute Gasteiger partial charge is 0.396 e. The van der Waals surface area contributed by atoms with Gasteiger partial charge in [-0.3, -0.25) is 4.68 Å². The molecule has 0 saturated carbocycles. The van der Waals surface area contributed by atoms with Gasteiger partial charge >= 0.3 is 0 Å². The third-order valence-corrected chi connectivity index (χ3v) is 2.78. The van der Waals surface area contributed by atoms with Crippen molar-refractivity contribution < 1.29 is 5.11 Å². The van der Waals surface area contributed by atoms with Crippen LogP contribution in [0.4, 0.5) is 0 Å². The summed E-state index contributed by atoms with van der Waals surface area (Å²) in [5.74, 6) is 0. The Balaban J connectivity index is 2.38. The normalized spacial score (nSPS) is 11.1. The highest BCUT2D eigenvalue weighted by molar-refractivity contribution is 5.60. The number of benzene rings is 1. The number of aliphatic hydroxyl groups is 1. The van der Waals surface area contributed by atoms with E-state index in [9.17, 15) is 0 Å². The van der Waals surface area contributed by atoms with Crippen LogP contribution in [0.2, 0.25) is 0 Å². The van der Waals surface area contributed by atoms with E-state index in [0.29, 0.717) is 12.5 Å². The van der Waals surface area contributed by atoms with Crippen LogP contribution in [0.1, 0.15) is 25.5 Å². The van der Waals surface area contributed by atoms with Gasteiger partial charge < -0.3 is 5.11 Å². The fourth-order valence-electron chi connectivity index (χ4n) is 1.97. The zero-order valence-corrected chi connectivity index (χ0v) is 10.3. The van der Waals surface area contributed by atoms with E-state index in [0.717, 1.165) is 16.8 Å². The van der Waals surface area contributed by atoms with Crippen LogP contribution in [-0.4, -0.2) is 21.5 Å². The summed E-state index contributed by atoms with van der Waals surface area (Å²) < 4.78 is 2.01. The summed E-state index contributed by atoms with van der Waals surface area (Å²) in [7, 11) is 0. The molecule has 3 nitrogen and oxygen atoms in total. The summed E-state index contributed by atoms with van der Waals surface area (Å²) in [6.45, 7) is 4.43. The molecule has 0 aliphatic carbocycles. The molecule has 3 heteroatoms. The van der Waals surface area contributed by atoms with Crippen LogP contribution >= 0.6 is 0 Å². The molecule has 1 aromatic heterocycles. The summed E-state index contributed by atoms with van der Waals surface area (Å²) in [6.07, 6.45) is 2.53. The van der Waals surface area contributed by atoms with E-state index in [4.69, 9.17) is 5.11 Å². The Bertz CT molecular complexity index is 488. The molecule has 0 aliphatic heterocycles. The van der Waals surface area contributed by atoms with E-state index in [2.05, 4.69) is 31.1 Å². The molecule has 0 unspecified atom stereocenters. The number of hydrogen-bond acceptors (Lipinski definition) is 2. The molecule has 0 aliphatic rings. The molecule has 1 N–H and O–H groups in total. The van der Waals surface area contributed by atoms with Gasteiger partial charge in [-0.05, 0) is 38.0 Å². The summed E-state index contributed by atoms with van der Waals surface area (Å²) >= 11 is 0. The minimum absolute atomic E-state index is 0.187. The summed E-state index contributed by atoms with van der Waals surface area (Å²) in [5, 5.41) is 13.3. The Labute approximate surface area is 102 Å². The van der Waals surface area contributed by atoms with Crippen LogP contribution in [0.15, 0.2) is 36.5 Å². The van der Waals surface area contributed by atoms with Gasteiger partial charge in [0.2, 0.25) is 0 Å². The minimum Gasteiger partial charge on any atom is -0.396 e. The molecule has 1 heterocycles. The van der Waals surface area contributed by atoms with Crippen LogP contribution in [0.25, 0.3) is 11.3 Å². The van der Waals surface area contributed by atoms with E-state index in [1.165, 1.54) is 0 Å². The molecular formula is C14H18N2O. The molecule has 0 spiro atoms. The number of aromatic nitrogens is 2. The Morgan fingerprint density at radius 3 is 2.82 bits per heavy atom. The highest BCUT2D eigenvalue weighted by Gasteiger charge is 2.08. The van der Waals surface area contributed by atoms with Crippen molar-refractivity contribution >= 4 is 0 Å². The number of aliphatic hydroxyl groups excluding tert-OH is 1. The van der Waals surface area contributed by atoms with Crippen molar-refractivity contribution in [3.63, 3.8) is 0 Å². The van der Waals surface area contributed by atoms with E-state index in [1.54, 1.807) is 0 Å². The van der Waals surface area contributed by atoms with Gasteiger partial charge in [0.25, 0.3) is 0 Å². The lowest BCUT2D eigenvalue weighted by molar-refractivity contribution is 0.299. The smallest absolute Gasteiger partial charge is 0.0685 e. The Morgan fingerprint density at radius 2 is 2.12 bits per heavy atom. The Hall–Kier alpha value is -1.61. The first-order chi connectivity index (χ1) is 8.22. The maximum absolute atomic E-state index is 8.97. The molecule has 1 aromatic carbocycles. The van der Waals surface area contributed by atoms with Gasteiger partial charge in [0.05, 0.1) is 5.69 Å². The maximum atomic E-state index is 8.97. The molecule has 17 heavy (non-hydrogen) atoms. The fourth-order valence-corrected chi connectivity index (χ4v) is 1.97. The second kappa shape index (κ2) is 5.15. The zero-order valence-electron chi connectivity index (χ0n) is 10.3. The average molecular weight is 230 g/mol. The monoisotopic (exact) mass is 230 g/mol. The van der Waals surface area contributed by atoms with Crippen LogP contribution in [0.5, 0.6) is 0 Å². The van der Waals surface area contributed by atoms with Crippen LogP contribution in [0, 0.1) is 0 Å². The first kappa shape index (κ1) is 11.9. The van der Waals surface area contributed by atoms with E-state index in [1.807, 2.05) is 29.1 Å². The molecule has 0 atom stereocenters. The van der Waals surface area contributed by atoms with Gasteiger partial charge in [0.1, 0.15) is 0 Å². The van der Waals surface area contributed by atoms with Crippen molar-refractivity contribution in [3.05, 3.63) is 42.1 Å². The number of hydrogen-bond donors (Lipinski definition) is 1. The van der Waals surface area contributed by atoms with Gasteiger partial charge in [-0.2, -0.15) is 5.10 Å². The molecule has 0 amide bonds. The second-order valence-corrected chi connectivity index (χ2v) is 4.43. The van der Waals surface area contributed by atoms with E-state index < -0.39 is 0 Å². The molecule has 2 aromatic rings. The summed E-state index contributed by atoms with van der Waals surface area (Å²) in [5.41, 5.74) is 3.43. The van der Waals surface area contributed by atoms with E-state index in [-0.39, 0.29) is 6.61 Å². The third-order valence-electron chi connectivity index (χ3n) is 2.78. The van der Waals surface area contributed by atoms with Crippen molar-refractivity contribution in [1.29, 1.82) is 0 Å². The van der Waals surface area contributed by atoms with Gasteiger partial charge in [-0.15, -0.1) is 0 Å². The van der Waals surface area contributed by atoms with Gasteiger partial charge in [0, 0.05) is 24.4 Å². The highest BCUT2D eigenvalue weighted by Crippen LogP contribution is 2.22. The Morgan fingerprint density at radius 1 is 1.29 bits per heavy atom. The van der Waals surface area contributed by atoms with Crippen molar-refractivity contribution in [2.24, 2.45) is 0 Å². The SMILES string of the molecule is CC(C)n1nccc1-c1cccc(CCO)c1. The second-order valence-electron chi connectivity index (χ2n) is 4.43. The molecule has 0 radical (unpaired) electrons. The third kappa shape index (κ3) is 2.56. The van der Waals surface area contributed by atoms with Gasteiger partial charge in [0.15, 0.2) is 0 Å². The first-order valence-corrected chi connectivity index (χ1v) is 5.96. The maximum Gasteiger partial charge on any atom is 0.0685 e. The van der Waals surface area contributed by atoms with Crippen LogP contribution < -0.4 is 0 Å². The van der Waals surface area contributed by atoms with Crippen molar-refractivity contribution in [2.45, 2.75) is 26.3 Å². The standard InChI is InChI=1S/C14H18N2O/c1-11(2)16-14(6-8-15-16)13-5-3-4-12(10-13)7-9-17/h3-6,8,10-11,17H,7,9H2,1-2H3. The molecule has 0 fully saturated rings. The fraction of sp³-hybridized carbons (Fsp3) is 0.357. The lowest BCUT2D eigenvalue weighted by atomic mass is 10.1. The Kier molecular flexibility index (Phi) is 3.59. The van der Waals surface area contributed by atoms with Crippen LogP contribution in [0.3, 0.4) is 0 Å². The summed E-state index contributed by atoms with van der Waals surface area (Å²) in [6, 6.07) is 10.6. The molecule has 2 rings (SSSR count). The van der Waals surface area contributed by atoms with Gasteiger partial charge in [-0.1, -0.05) is 18.2 Å². The molecule has 0 bridgehead atoms. The minimum atomic E-state index is 0.187. The highest BCUT2D eigenvalue weighted by atomic mass is 16.2. The molecule has 0 saturated heterocycles. The molecular weight excluding hydrogens is 212 g/mol. The van der Waals surface area contributed by atoms with Crippen molar-refractivity contribution in [3.8, 4) is 11.3 Å². The van der Waals surface area contributed by atoms with Crippen LogP contribution in [-0.2, 0) is 6.42 Å². The topological polar surface area (TPSA) is 38.0 Å². The number of rotatable bonds is 4. The quantitative estimate of drug-likeness (QED) is 0.877. The average Bonchev–Trinajstić information content (AvgIpc) is 2.79. The number of nitrogens with zero attached hydrogens (tertiary/aromatic N) is 2. The first-order valence-electron chi connectivity index (χ1n) is 5.96. The zero-order chi connectivity index (χ0) is 12.3. The van der Waals surface area contributed by atoms with Crippen molar-refractivity contribution in [2.75, 3.05) is 6.61 Å². The lowest BCUT2D eigenvalue weighted by Gasteiger charge is -2.11. The van der Waals surface area contributed by atoms with Crippen molar-refractivity contribution in [1.82, 2.24) is 9.78 Å². The molecule has 90 valence electrons. The lowest BCUT2D eigenvalue weighted by Crippen LogP contribution is -2.04.